The highest BCUT2D eigenvalue weighted by molar-refractivity contribution is 9.10. The third-order valence-electron chi connectivity index (χ3n) is 1.00. The third-order valence-corrected chi connectivity index (χ3v) is 2.08. The number of halogens is 2. The van der Waals surface area contributed by atoms with Crippen molar-refractivity contribution in [3.8, 4) is 0 Å². The van der Waals surface area contributed by atoms with Gasteiger partial charge in [0.2, 0.25) is 0 Å². The molecule has 0 aliphatic rings. The molecule has 9 heavy (non-hydrogen) atoms. The Kier molecular flexibility index (Phi) is 2.13. The Bertz CT molecular complexity index is 189. The number of aryl methyl sites for hydroxylation is 1. The highest BCUT2D eigenvalue weighted by atomic mass is 79.9. The van der Waals surface area contributed by atoms with Crippen molar-refractivity contribution in [1.29, 1.82) is 0 Å². The Labute approximate surface area is 66.8 Å². The van der Waals surface area contributed by atoms with Crippen molar-refractivity contribution in [2.24, 2.45) is 0 Å². The maximum atomic E-state index is 5.64. The average molecular weight is 209 g/mol. The molecule has 0 radical (unpaired) electrons. The van der Waals surface area contributed by atoms with Crippen molar-refractivity contribution in [1.82, 2.24) is 9.97 Å². The van der Waals surface area contributed by atoms with E-state index in [9.17, 15) is 0 Å². The van der Waals surface area contributed by atoms with Crippen LogP contribution >= 0.6 is 27.5 Å². The van der Waals surface area contributed by atoms with Crippen molar-refractivity contribution >= 4 is 27.5 Å². The maximum Gasteiger partial charge on any atom is 0.143 e. The Hall–Kier alpha value is -0.0200. The lowest BCUT2D eigenvalue weighted by atomic mass is 10.5. The fourth-order valence-electron chi connectivity index (χ4n) is 0.541. The molecule has 1 aromatic heterocycles. The highest BCUT2D eigenvalue weighted by Crippen LogP contribution is 2.18. The first-order valence-corrected chi connectivity index (χ1v) is 3.81. The zero-order valence-electron chi connectivity index (χ0n) is 4.91. The largest absolute Gasteiger partial charge is 0.332 e. The van der Waals surface area contributed by atoms with E-state index >= 15 is 0 Å². The summed E-state index contributed by atoms with van der Waals surface area (Å²) in [5.41, 5.74) is 0. The van der Waals surface area contributed by atoms with Crippen LogP contribution in [-0.4, -0.2) is 9.97 Å². The van der Waals surface area contributed by atoms with Crippen molar-refractivity contribution in [3.63, 3.8) is 0 Å². The number of imidazole rings is 1. The first-order chi connectivity index (χ1) is 4.24. The van der Waals surface area contributed by atoms with Gasteiger partial charge in [0.25, 0.3) is 0 Å². The number of H-pyrrole nitrogens is 1. The van der Waals surface area contributed by atoms with Gasteiger partial charge >= 0.3 is 0 Å². The summed E-state index contributed by atoms with van der Waals surface area (Å²) in [5, 5.41) is 0.576. The van der Waals surface area contributed by atoms with Crippen molar-refractivity contribution in [3.05, 3.63) is 15.6 Å². The van der Waals surface area contributed by atoms with Gasteiger partial charge in [-0.2, -0.15) is 0 Å². The lowest BCUT2D eigenvalue weighted by Crippen LogP contribution is -1.79. The van der Waals surface area contributed by atoms with E-state index in [-0.39, 0.29) is 0 Å². The van der Waals surface area contributed by atoms with Gasteiger partial charge in [-0.25, -0.2) is 4.98 Å². The molecule has 0 aromatic carbocycles. The first kappa shape index (κ1) is 7.09. The summed E-state index contributed by atoms with van der Waals surface area (Å²) in [6.07, 6.45) is 0.880. The molecule has 1 heterocycles. The fourth-order valence-corrected chi connectivity index (χ4v) is 1.01. The zero-order chi connectivity index (χ0) is 6.85. The molecule has 50 valence electrons. The molecule has 0 aliphatic heterocycles. The summed E-state index contributed by atoms with van der Waals surface area (Å²) in [4.78, 5) is 6.96. The second-order valence-electron chi connectivity index (χ2n) is 1.64. The van der Waals surface area contributed by atoms with Gasteiger partial charge < -0.3 is 4.98 Å². The molecule has 1 aromatic rings. The van der Waals surface area contributed by atoms with Crippen LogP contribution in [0.4, 0.5) is 0 Å². The van der Waals surface area contributed by atoms with Gasteiger partial charge in [0.1, 0.15) is 15.6 Å². The topological polar surface area (TPSA) is 28.7 Å². The second kappa shape index (κ2) is 2.71. The van der Waals surface area contributed by atoms with Gasteiger partial charge in [-0.05, 0) is 15.9 Å². The van der Waals surface area contributed by atoms with E-state index in [0.29, 0.717) is 9.76 Å². The second-order valence-corrected chi connectivity index (χ2v) is 2.77. The number of nitrogens with zero attached hydrogens (tertiary/aromatic N) is 1. The fraction of sp³-hybridized carbons (Fsp3) is 0.400. The van der Waals surface area contributed by atoms with E-state index in [1.54, 1.807) is 0 Å². The van der Waals surface area contributed by atoms with Crippen molar-refractivity contribution in [2.45, 2.75) is 13.3 Å². The number of rotatable bonds is 1. The van der Waals surface area contributed by atoms with E-state index in [0.717, 1.165) is 12.2 Å². The van der Waals surface area contributed by atoms with Crippen LogP contribution < -0.4 is 0 Å². The molecule has 0 bridgehead atoms. The molecule has 1 rings (SSSR count). The highest BCUT2D eigenvalue weighted by Gasteiger charge is 2.01. The van der Waals surface area contributed by atoms with E-state index in [1.807, 2.05) is 6.92 Å². The Morgan fingerprint density at radius 3 is 2.67 bits per heavy atom. The Morgan fingerprint density at radius 1 is 1.78 bits per heavy atom. The third kappa shape index (κ3) is 1.46. The lowest BCUT2D eigenvalue weighted by Gasteiger charge is -1.80. The number of nitrogens with one attached hydrogen (secondary N) is 1. The normalized spacial score (nSPS) is 10.1. The van der Waals surface area contributed by atoms with E-state index in [2.05, 4.69) is 25.9 Å². The van der Waals surface area contributed by atoms with E-state index in [1.165, 1.54) is 0 Å². The quantitative estimate of drug-likeness (QED) is 0.756. The lowest BCUT2D eigenvalue weighted by molar-refractivity contribution is 0.986. The summed E-state index contributed by atoms with van der Waals surface area (Å²) < 4.78 is 0.695. The average Bonchev–Trinajstić information content (AvgIpc) is 2.13. The molecule has 0 aliphatic carbocycles. The molecule has 0 spiro atoms. The summed E-state index contributed by atoms with van der Waals surface area (Å²) in [6, 6.07) is 0. The van der Waals surface area contributed by atoms with Crippen molar-refractivity contribution < 1.29 is 0 Å². The number of hydrogen-bond acceptors (Lipinski definition) is 1. The van der Waals surface area contributed by atoms with Gasteiger partial charge in [-0.3, -0.25) is 0 Å². The van der Waals surface area contributed by atoms with Crippen molar-refractivity contribution in [2.75, 3.05) is 0 Å². The van der Waals surface area contributed by atoms with Gasteiger partial charge in [0.05, 0.1) is 0 Å². The summed E-state index contributed by atoms with van der Waals surface area (Å²) in [7, 11) is 0. The molecule has 0 unspecified atom stereocenters. The van der Waals surface area contributed by atoms with Crippen LogP contribution in [-0.2, 0) is 6.42 Å². The predicted octanol–water partition coefficient (Wildman–Crippen LogP) is 2.39. The predicted molar refractivity (Wildman–Crippen MR) is 40.7 cm³/mol. The summed E-state index contributed by atoms with van der Waals surface area (Å²) in [5.74, 6) is 0.909. The van der Waals surface area contributed by atoms with Crippen LogP contribution in [0.2, 0.25) is 5.15 Å². The minimum absolute atomic E-state index is 0.576. The molecule has 0 atom stereocenters. The minimum atomic E-state index is 0.576. The first-order valence-electron chi connectivity index (χ1n) is 2.64. The minimum Gasteiger partial charge on any atom is -0.332 e. The molecule has 0 amide bonds. The molecular formula is C5H6BrClN2. The van der Waals surface area contributed by atoms with E-state index < -0.39 is 0 Å². The molecule has 0 fully saturated rings. The van der Waals surface area contributed by atoms with Gasteiger partial charge in [0.15, 0.2) is 0 Å². The van der Waals surface area contributed by atoms with Crippen LogP contribution in [0.5, 0.6) is 0 Å². The van der Waals surface area contributed by atoms with Gasteiger partial charge in [-0.15, -0.1) is 0 Å². The standard InChI is InChI=1S/C5H6BrClN2/c1-2-3-8-4(6)5(7)9-3/h2H2,1H3,(H,8,9). The molecule has 0 saturated heterocycles. The van der Waals surface area contributed by atoms with Crippen LogP contribution in [0.1, 0.15) is 12.7 Å². The van der Waals surface area contributed by atoms with Crippen LogP contribution in [0.25, 0.3) is 0 Å². The monoisotopic (exact) mass is 208 g/mol. The number of hydrogen-bond donors (Lipinski definition) is 1. The van der Waals surface area contributed by atoms with Crippen LogP contribution in [0, 0.1) is 0 Å². The number of aromatic amines is 1. The SMILES string of the molecule is CCc1nc(Br)c(Cl)[nH]1. The maximum absolute atomic E-state index is 5.64. The van der Waals surface area contributed by atoms with E-state index in [4.69, 9.17) is 11.6 Å². The molecule has 0 saturated carbocycles. The molecular weight excluding hydrogens is 203 g/mol. The molecule has 2 nitrogen and oxygen atoms in total. The summed E-state index contributed by atoms with van der Waals surface area (Å²) >= 11 is 8.83. The Balaban J connectivity index is 2.98. The van der Waals surface area contributed by atoms with Gasteiger partial charge in [-0.1, -0.05) is 18.5 Å². The Morgan fingerprint density at radius 2 is 2.44 bits per heavy atom. The van der Waals surface area contributed by atoms with Crippen LogP contribution in [0.15, 0.2) is 4.60 Å². The number of aromatic nitrogens is 2. The molecule has 4 heteroatoms. The van der Waals surface area contributed by atoms with Crippen LogP contribution in [0.3, 0.4) is 0 Å². The zero-order valence-corrected chi connectivity index (χ0v) is 7.25. The smallest absolute Gasteiger partial charge is 0.143 e. The van der Waals surface area contributed by atoms with Gasteiger partial charge in [0, 0.05) is 6.42 Å². The summed E-state index contributed by atoms with van der Waals surface area (Å²) in [6.45, 7) is 2.02. The molecule has 1 N–H and O–H groups in total.